The van der Waals surface area contributed by atoms with Crippen LogP contribution in [-0.4, -0.2) is 11.1 Å². The van der Waals surface area contributed by atoms with E-state index in [1.54, 1.807) is 35.8 Å². The van der Waals surface area contributed by atoms with E-state index in [9.17, 15) is 9.18 Å². The van der Waals surface area contributed by atoms with Gasteiger partial charge in [0.25, 0.3) is 5.91 Å². The molecule has 5 nitrogen and oxygen atoms in total. The minimum atomic E-state index is -0.554. The molecule has 0 saturated carbocycles. The number of ether oxygens (including phenoxy) is 1. The number of hydroxylamine groups is 1. The van der Waals surface area contributed by atoms with Gasteiger partial charge >= 0.3 is 0 Å². The number of rotatable bonds is 7. The fourth-order valence-electron chi connectivity index (χ4n) is 2.49. The van der Waals surface area contributed by atoms with Crippen LogP contribution < -0.4 is 15.5 Å². The predicted octanol–water partition coefficient (Wildman–Crippen LogP) is 4.14. The molecule has 0 bridgehead atoms. The largest absolute Gasteiger partial charge is 0.489 e. The van der Waals surface area contributed by atoms with E-state index < -0.39 is 5.91 Å². The predicted molar refractivity (Wildman–Crippen MR) is 100 cm³/mol. The van der Waals surface area contributed by atoms with Crippen molar-refractivity contribution in [2.45, 2.75) is 13.2 Å². The quantitative estimate of drug-likeness (QED) is 0.434. The Hall–Kier alpha value is -3.38. The summed E-state index contributed by atoms with van der Waals surface area (Å²) in [5.74, 6) is -0.0934. The van der Waals surface area contributed by atoms with E-state index in [0.29, 0.717) is 18.7 Å². The highest BCUT2D eigenvalue weighted by Gasteiger charge is 2.04. The lowest BCUT2D eigenvalue weighted by Crippen LogP contribution is -2.18. The second-order valence-electron chi connectivity index (χ2n) is 5.93. The lowest BCUT2D eigenvalue weighted by atomic mass is 10.1. The third kappa shape index (κ3) is 5.29. The van der Waals surface area contributed by atoms with Crippen LogP contribution in [0.15, 0.2) is 72.8 Å². The van der Waals surface area contributed by atoms with Crippen molar-refractivity contribution in [3.8, 4) is 5.75 Å². The van der Waals surface area contributed by atoms with E-state index in [-0.39, 0.29) is 5.82 Å². The first kappa shape index (κ1) is 18.4. The molecule has 3 rings (SSSR count). The van der Waals surface area contributed by atoms with Crippen LogP contribution in [0.3, 0.4) is 0 Å². The van der Waals surface area contributed by atoms with Gasteiger partial charge in [-0.05, 0) is 53.6 Å². The van der Waals surface area contributed by atoms with Crippen molar-refractivity contribution in [3.63, 3.8) is 0 Å². The number of halogens is 1. The Labute approximate surface area is 156 Å². The number of amides is 1. The summed E-state index contributed by atoms with van der Waals surface area (Å²) in [7, 11) is 0. The van der Waals surface area contributed by atoms with Gasteiger partial charge in [-0.2, -0.15) is 0 Å². The molecule has 138 valence electrons. The maximum absolute atomic E-state index is 12.9. The van der Waals surface area contributed by atoms with Crippen LogP contribution in [0.2, 0.25) is 0 Å². The van der Waals surface area contributed by atoms with Crippen molar-refractivity contribution in [1.82, 2.24) is 5.48 Å². The molecule has 0 aliphatic carbocycles. The molecule has 0 radical (unpaired) electrons. The fraction of sp³-hybridized carbons (Fsp3) is 0.0952. The monoisotopic (exact) mass is 366 g/mol. The minimum Gasteiger partial charge on any atom is -0.489 e. The molecule has 3 aromatic rings. The number of carbonyl (C=O) groups is 1. The molecule has 0 aromatic heterocycles. The average Bonchev–Trinajstić information content (AvgIpc) is 2.72. The SMILES string of the molecule is O=C(NO)c1cccc(NCc2ccc(OCc3ccc(F)cc3)cc2)c1. The summed E-state index contributed by atoms with van der Waals surface area (Å²) in [4.78, 5) is 11.4. The first-order chi connectivity index (χ1) is 13.1. The van der Waals surface area contributed by atoms with Crippen LogP contribution in [0.5, 0.6) is 5.75 Å². The van der Waals surface area contributed by atoms with Gasteiger partial charge in [-0.25, -0.2) is 9.87 Å². The zero-order valence-corrected chi connectivity index (χ0v) is 14.5. The van der Waals surface area contributed by atoms with Gasteiger partial charge in [0.05, 0.1) is 0 Å². The van der Waals surface area contributed by atoms with Gasteiger partial charge in [0, 0.05) is 17.8 Å². The summed E-state index contributed by atoms with van der Waals surface area (Å²) in [5, 5.41) is 11.9. The Morgan fingerprint density at radius 2 is 1.67 bits per heavy atom. The Morgan fingerprint density at radius 1 is 0.963 bits per heavy atom. The van der Waals surface area contributed by atoms with Crippen LogP contribution >= 0.6 is 0 Å². The van der Waals surface area contributed by atoms with E-state index in [0.717, 1.165) is 22.6 Å². The number of anilines is 1. The molecule has 0 saturated heterocycles. The summed E-state index contributed by atoms with van der Waals surface area (Å²) in [5.41, 5.74) is 4.69. The highest BCUT2D eigenvalue weighted by molar-refractivity contribution is 5.94. The topological polar surface area (TPSA) is 70.6 Å². The van der Waals surface area contributed by atoms with Crippen molar-refractivity contribution in [1.29, 1.82) is 0 Å². The second-order valence-corrected chi connectivity index (χ2v) is 5.93. The van der Waals surface area contributed by atoms with Gasteiger partial charge in [0.15, 0.2) is 0 Å². The van der Waals surface area contributed by atoms with Crippen LogP contribution in [0.1, 0.15) is 21.5 Å². The molecule has 3 aromatic carbocycles. The first-order valence-corrected chi connectivity index (χ1v) is 8.38. The summed E-state index contributed by atoms with van der Waals surface area (Å²) in [6.07, 6.45) is 0. The Bertz CT molecular complexity index is 896. The Balaban J connectivity index is 1.53. The van der Waals surface area contributed by atoms with Crippen molar-refractivity contribution in [3.05, 3.63) is 95.3 Å². The highest BCUT2D eigenvalue weighted by Crippen LogP contribution is 2.16. The molecule has 0 atom stereocenters. The molecule has 0 heterocycles. The van der Waals surface area contributed by atoms with E-state index in [2.05, 4.69) is 5.32 Å². The molecule has 1 amide bonds. The molecule has 0 spiro atoms. The van der Waals surface area contributed by atoms with Crippen LogP contribution in [0, 0.1) is 5.82 Å². The van der Waals surface area contributed by atoms with E-state index in [1.165, 1.54) is 12.1 Å². The minimum absolute atomic E-state index is 0.266. The molecular formula is C21H19FN2O3. The molecular weight excluding hydrogens is 347 g/mol. The van der Waals surface area contributed by atoms with Gasteiger partial charge in [0.1, 0.15) is 18.2 Å². The van der Waals surface area contributed by atoms with Gasteiger partial charge in [-0.15, -0.1) is 0 Å². The van der Waals surface area contributed by atoms with Gasteiger partial charge < -0.3 is 10.1 Å². The van der Waals surface area contributed by atoms with Gasteiger partial charge in [-0.3, -0.25) is 10.0 Å². The maximum atomic E-state index is 12.9. The van der Waals surface area contributed by atoms with Gasteiger partial charge in [-0.1, -0.05) is 30.3 Å². The summed E-state index contributed by atoms with van der Waals surface area (Å²) in [6.45, 7) is 0.944. The lowest BCUT2D eigenvalue weighted by molar-refractivity contribution is 0.0706. The summed E-state index contributed by atoms with van der Waals surface area (Å²) < 4.78 is 18.6. The second kappa shape index (κ2) is 8.82. The molecule has 0 fully saturated rings. The van der Waals surface area contributed by atoms with Crippen LogP contribution in [0.25, 0.3) is 0 Å². The highest BCUT2D eigenvalue weighted by atomic mass is 19.1. The van der Waals surface area contributed by atoms with Crippen molar-refractivity contribution < 1.29 is 19.1 Å². The van der Waals surface area contributed by atoms with Crippen LogP contribution in [0.4, 0.5) is 10.1 Å². The zero-order chi connectivity index (χ0) is 19.1. The normalized spacial score (nSPS) is 10.3. The molecule has 27 heavy (non-hydrogen) atoms. The Morgan fingerprint density at radius 3 is 2.37 bits per heavy atom. The molecule has 0 aliphatic rings. The standard InChI is InChI=1S/C21H19FN2O3/c22-18-8-4-16(5-9-18)14-27-20-10-6-15(7-11-20)13-23-19-3-1-2-17(12-19)21(25)24-26/h1-12,23,26H,13-14H2,(H,24,25). The number of hydrogen-bond donors (Lipinski definition) is 3. The molecule has 0 unspecified atom stereocenters. The third-order valence-corrected chi connectivity index (χ3v) is 3.97. The van der Waals surface area contributed by atoms with Crippen molar-refractivity contribution in [2.24, 2.45) is 0 Å². The number of nitrogens with one attached hydrogen (secondary N) is 2. The fourth-order valence-corrected chi connectivity index (χ4v) is 2.49. The van der Waals surface area contributed by atoms with Gasteiger partial charge in [0.2, 0.25) is 0 Å². The molecule has 6 heteroatoms. The van der Waals surface area contributed by atoms with Crippen molar-refractivity contribution in [2.75, 3.05) is 5.32 Å². The van der Waals surface area contributed by atoms with Crippen molar-refractivity contribution >= 4 is 11.6 Å². The summed E-state index contributed by atoms with van der Waals surface area (Å²) >= 11 is 0. The lowest BCUT2D eigenvalue weighted by Gasteiger charge is -2.10. The first-order valence-electron chi connectivity index (χ1n) is 8.38. The third-order valence-electron chi connectivity index (χ3n) is 3.97. The van der Waals surface area contributed by atoms with E-state index >= 15 is 0 Å². The van der Waals surface area contributed by atoms with Crippen LogP contribution in [-0.2, 0) is 13.2 Å². The van der Waals surface area contributed by atoms with E-state index in [4.69, 9.17) is 9.94 Å². The zero-order valence-electron chi connectivity index (χ0n) is 14.5. The smallest absolute Gasteiger partial charge is 0.274 e. The molecule has 0 aliphatic heterocycles. The number of hydrogen-bond acceptors (Lipinski definition) is 4. The number of benzene rings is 3. The number of carbonyl (C=O) groups excluding carboxylic acids is 1. The molecule has 3 N–H and O–H groups in total. The Kier molecular flexibility index (Phi) is 6.02. The summed E-state index contributed by atoms with van der Waals surface area (Å²) in [6, 6.07) is 20.7. The van der Waals surface area contributed by atoms with E-state index in [1.807, 2.05) is 30.3 Å². The maximum Gasteiger partial charge on any atom is 0.274 e. The average molecular weight is 366 g/mol.